The molecule has 1 aliphatic heterocycles. The Morgan fingerprint density at radius 2 is 1.00 bits per heavy atom. The summed E-state index contributed by atoms with van der Waals surface area (Å²) in [7, 11) is 0. The van der Waals surface area contributed by atoms with E-state index >= 15 is 0 Å². The summed E-state index contributed by atoms with van der Waals surface area (Å²) in [6.45, 7) is 7.46. The van der Waals surface area contributed by atoms with Crippen LogP contribution in [-0.2, 0) is 13.2 Å². The first-order valence-corrected chi connectivity index (χ1v) is 18.3. The molecule has 0 amide bonds. The molecule has 0 atom stereocenters. The van der Waals surface area contributed by atoms with Crippen LogP contribution >= 0.6 is 22.7 Å². The number of aliphatic hydroxyl groups excluding tert-OH is 2. The molecule has 4 aromatic carbocycles. The Balaban J connectivity index is 0.890. The van der Waals surface area contributed by atoms with Crippen LogP contribution in [0.5, 0.6) is 0 Å². The largest absolute Gasteiger partial charge is 0.392 e. The Morgan fingerprint density at radius 3 is 1.42 bits per heavy atom. The van der Waals surface area contributed by atoms with E-state index in [1.165, 1.54) is 0 Å². The van der Waals surface area contributed by atoms with E-state index in [-0.39, 0.29) is 24.1 Å². The molecule has 0 spiro atoms. The van der Waals surface area contributed by atoms with Gasteiger partial charge >= 0.3 is 0 Å². The fraction of sp³-hybridized carbons (Fsp3) is 0.316. The minimum Gasteiger partial charge on any atom is -0.392 e. The van der Waals surface area contributed by atoms with Gasteiger partial charge < -0.3 is 30.6 Å². The Kier molecular flexibility index (Phi) is 9.99. The highest BCUT2D eigenvalue weighted by Crippen LogP contribution is 2.33. The van der Waals surface area contributed by atoms with E-state index in [0.29, 0.717) is 10.8 Å². The Labute approximate surface area is 286 Å². The molecule has 2 aromatic heterocycles. The molecule has 4 N–H and O–H groups in total. The summed E-state index contributed by atoms with van der Waals surface area (Å²) in [4.78, 5) is 31.9. The van der Waals surface area contributed by atoms with Crippen molar-refractivity contribution in [2.45, 2.75) is 26.1 Å². The van der Waals surface area contributed by atoms with Crippen molar-refractivity contribution in [1.82, 2.24) is 9.80 Å². The molecule has 0 radical (unpaired) electrons. The maximum absolute atomic E-state index is 13.4. The maximum atomic E-state index is 13.4. The van der Waals surface area contributed by atoms with Crippen LogP contribution in [0.25, 0.3) is 40.3 Å². The molecule has 10 heteroatoms. The molecular weight excluding hydrogens is 641 g/mol. The van der Waals surface area contributed by atoms with Gasteiger partial charge in [0.15, 0.2) is 10.9 Å². The number of benzene rings is 4. The molecule has 48 heavy (non-hydrogen) atoms. The minimum atomic E-state index is -0.0930. The molecule has 0 unspecified atom stereocenters. The van der Waals surface area contributed by atoms with Crippen LogP contribution in [-0.4, -0.2) is 72.4 Å². The van der Waals surface area contributed by atoms with Gasteiger partial charge in [0.05, 0.1) is 24.0 Å². The third-order valence-electron chi connectivity index (χ3n) is 9.36. The maximum Gasteiger partial charge on any atom is 0.197 e. The van der Waals surface area contributed by atoms with Gasteiger partial charge in [-0.05, 0) is 73.5 Å². The lowest BCUT2D eigenvalue weighted by atomic mass is 10.1. The fourth-order valence-electron chi connectivity index (χ4n) is 6.74. The third-order valence-corrected chi connectivity index (χ3v) is 11.9. The summed E-state index contributed by atoms with van der Waals surface area (Å²) >= 11 is 3.13. The number of aliphatic hydroxyl groups is 2. The first-order valence-electron chi connectivity index (χ1n) is 16.6. The van der Waals surface area contributed by atoms with Crippen LogP contribution in [0.3, 0.4) is 0 Å². The fourth-order valence-corrected chi connectivity index (χ4v) is 9.15. The molecule has 0 bridgehead atoms. The predicted molar refractivity (Wildman–Crippen MR) is 202 cm³/mol. The quantitative estimate of drug-likeness (QED) is 0.0916. The van der Waals surface area contributed by atoms with Crippen molar-refractivity contribution in [3.8, 4) is 0 Å². The molecule has 1 fully saturated rings. The number of piperazine rings is 1. The van der Waals surface area contributed by atoms with E-state index in [9.17, 15) is 19.8 Å². The third kappa shape index (κ3) is 6.56. The summed E-state index contributed by atoms with van der Waals surface area (Å²) in [6.07, 6.45) is 1.94. The van der Waals surface area contributed by atoms with E-state index < -0.39 is 0 Å². The zero-order valence-electron chi connectivity index (χ0n) is 26.8. The SMILES string of the molecule is O=c1c2ccccc2sc2c(CO)ccc(NCCCN3CCN(CCCNc4ccc(CO)c5sc6ccccc6c(=O)c45)CC3)c12. The van der Waals surface area contributed by atoms with Gasteiger partial charge in [-0.15, -0.1) is 22.7 Å². The van der Waals surface area contributed by atoms with E-state index in [0.717, 1.165) is 117 Å². The van der Waals surface area contributed by atoms with E-state index in [1.54, 1.807) is 22.7 Å². The summed E-state index contributed by atoms with van der Waals surface area (Å²) < 4.78 is 3.59. The highest BCUT2D eigenvalue weighted by molar-refractivity contribution is 7.25. The second-order valence-electron chi connectivity index (χ2n) is 12.4. The summed E-state index contributed by atoms with van der Waals surface area (Å²) in [5.74, 6) is 0. The van der Waals surface area contributed by atoms with Gasteiger partial charge in [-0.1, -0.05) is 36.4 Å². The Bertz CT molecular complexity index is 2050. The number of anilines is 2. The van der Waals surface area contributed by atoms with Crippen molar-refractivity contribution in [3.05, 3.63) is 104 Å². The molecular formula is C38H40N4O4S2. The normalized spacial score (nSPS) is 14.4. The molecule has 7 rings (SSSR count). The standard InChI is InChI=1S/C38H40N4O4S2/c43-23-25-11-13-29(33-35(45)27-7-1-3-9-31(27)47-37(25)33)39-15-5-17-41-19-21-42(22-20-41)18-6-16-40-30-14-12-26(24-44)38-34(30)36(46)28-8-2-4-10-32(28)48-38/h1-4,7-14,39-40,43-44H,5-6,15-24H2. The van der Waals surface area contributed by atoms with Crippen LogP contribution in [0.15, 0.2) is 82.4 Å². The molecule has 0 aliphatic carbocycles. The van der Waals surface area contributed by atoms with Crippen LogP contribution in [0.1, 0.15) is 24.0 Å². The molecule has 3 heterocycles. The van der Waals surface area contributed by atoms with Crippen LogP contribution < -0.4 is 21.5 Å². The van der Waals surface area contributed by atoms with Crippen LogP contribution in [0, 0.1) is 0 Å². The Morgan fingerprint density at radius 1 is 0.583 bits per heavy atom. The van der Waals surface area contributed by atoms with Gasteiger partial charge in [0.2, 0.25) is 0 Å². The number of hydrogen-bond donors (Lipinski definition) is 4. The molecule has 0 saturated carbocycles. The van der Waals surface area contributed by atoms with Gasteiger partial charge in [0.25, 0.3) is 0 Å². The molecule has 1 aliphatic rings. The Hall–Kier alpha value is -3.90. The van der Waals surface area contributed by atoms with Crippen LogP contribution in [0.4, 0.5) is 11.4 Å². The summed E-state index contributed by atoms with van der Waals surface area (Å²) in [5, 5.41) is 29.7. The lowest BCUT2D eigenvalue weighted by Gasteiger charge is -2.34. The van der Waals surface area contributed by atoms with Crippen molar-refractivity contribution >= 4 is 74.4 Å². The average Bonchev–Trinajstić information content (AvgIpc) is 3.12. The highest BCUT2D eigenvalue weighted by Gasteiger charge is 2.18. The van der Waals surface area contributed by atoms with Gasteiger partial charge in [-0.3, -0.25) is 9.59 Å². The first kappa shape index (κ1) is 32.6. The zero-order chi connectivity index (χ0) is 33.0. The van der Waals surface area contributed by atoms with Crippen molar-refractivity contribution in [3.63, 3.8) is 0 Å². The zero-order valence-corrected chi connectivity index (χ0v) is 28.5. The monoisotopic (exact) mass is 680 g/mol. The van der Waals surface area contributed by atoms with Crippen LogP contribution in [0.2, 0.25) is 0 Å². The summed E-state index contributed by atoms with van der Waals surface area (Å²) in [5.41, 5.74) is 3.28. The number of rotatable bonds is 12. The van der Waals surface area contributed by atoms with Gasteiger partial charge in [-0.2, -0.15) is 0 Å². The molecule has 248 valence electrons. The van der Waals surface area contributed by atoms with Gasteiger partial charge in [-0.25, -0.2) is 0 Å². The topological polar surface area (TPSA) is 105 Å². The number of hydrogen-bond acceptors (Lipinski definition) is 10. The van der Waals surface area contributed by atoms with E-state index in [1.807, 2.05) is 72.8 Å². The van der Waals surface area contributed by atoms with E-state index in [2.05, 4.69) is 20.4 Å². The predicted octanol–water partition coefficient (Wildman–Crippen LogP) is 6.05. The number of nitrogens with one attached hydrogen (secondary N) is 2. The second-order valence-corrected chi connectivity index (χ2v) is 14.5. The van der Waals surface area contributed by atoms with Crippen molar-refractivity contribution in [2.24, 2.45) is 0 Å². The first-order chi connectivity index (χ1) is 23.6. The molecule has 8 nitrogen and oxygen atoms in total. The van der Waals surface area contributed by atoms with Crippen molar-refractivity contribution in [1.29, 1.82) is 0 Å². The molecule has 1 saturated heterocycles. The van der Waals surface area contributed by atoms with E-state index in [4.69, 9.17) is 0 Å². The van der Waals surface area contributed by atoms with Gasteiger partial charge in [0, 0.05) is 80.2 Å². The lowest BCUT2D eigenvalue weighted by molar-refractivity contribution is 0.132. The summed E-state index contributed by atoms with van der Waals surface area (Å²) in [6, 6.07) is 23.1. The van der Waals surface area contributed by atoms with Crippen molar-refractivity contribution < 1.29 is 10.2 Å². The second kappa shape index (κ2) is 14.7. The van der Waals surface area contributed by atoms with Gasteiger partial charge in [0.1, 0.15) is 0 Å². The lowest BCUT2D eigenvalue weighted by Crippen LogP contribution is -2.47. The minimum absolute atomic E-state index is 0.0145. The number of fused-ring (bicyclic) bond motifs is 4. The highest BCUT2D eigenvalue weighted by atomic mass is 32.1. The number of nitrogens with zero attached hydrogens (tertiary/aromatic N) is 2. The van der Waals surface area contributed by atoms with Crippen molar-refractivity contribution in [2.75, 3.05) is 63.0 Å². The average molecular weight is 681 g/mol. The smallest absolute Gasteiger partial charge is 0.197 e. The molecule has 6 aromatic rings.